The number of hydrogen-bond acceptors (Lipinski definition) is 4. The summed E-state index contributed by atoms with van der Waals surface area (Å²) >= 11 is 0. The lowest BCUT2D eigenvalue weighted by atomic mass is 10.1. The van der Waals surface area contributed by atoms with E-state index in [1.54, 1.807) is 0 Å². The van der Waals surface area contributed by atoms with Crippen LogP contribution in [0.2, 0.25) is 0 Å². The Hall–Kier alpha value is -2.33. The molecule has 11 heteroatoms. The molecule has 2 amide bonds. The molecule has 1 aliphatic heterocycles. The molecule has 0 saturated carbocycles. The molecule has 0 unspecified atom stereocenters. The van der Waals surface area contributed by atoms with Gasteiger partial charge in [-0.15, -0.1) is 0 Å². The molecule has 1 fully saturated rings. The highest BCUT2D eigenvalue weighted by molar-refractivity contribution is 5.91. The largest absolute Gasteiger partial charge is 0.490 e. The first-order valence-electron chi connectivity index (χ1n) is 5.57. The Morgan fingerprint density at radius 1 is 1.19 bits per heavy atom. The second-order valence-corrected chi connectivity index (χ2v) is 4.03. The summed E-state index contributed by atoms with van der Waals surface area (Å²) in [6.07, 6.45) is -4.85. The van der Waals surface area contributed by atoms with Crippen LogP contribution in [0.25, 0.3) is 0 Å². The predicted octanol–water partition coefficient (Wildman–Crippen LogP) is -0.512. The third-order valence-electron chi connectivity index (χ3n) is 2.29. The fourth-order valence-electron chi connectivity index (χ4n) is 1.21. The summed E-state index contributed by atoms with van der Waals surface area (Å²) in [6, 6.07) is -1.64. The van der Waals surface area contributed by atoms with Gasteiger partial charge in [0.2, 0.25) is 11.8 Å². The van der Waals surface area contributed by atoms with Crippen molar-refractivity contribution >= 4 is 23.8 Å². The number of nitrogens with one attached hydrogen (secondary N) is 2. The average Bonchev–Trinajstić information content (AvgIpc) is 2.31. The first-order chi connectivity index (χ1) is 9.45. The number of carboxylic acid groups (broad SMARTS) is 2. The van der Waals surface area contributed by atoms with Crippen LogP contribution in [0.1, 0.15) is 19.8 Å². The quantitative estimate of drug-likeness (QED) is 0.515. The van der Waals surface area contributed by atoms with Gasteiger partial charge in [-0.2, -0.15) is 13.2 Å². The molecule has 0 aromatic carbocycles. The number of halogens is 3. The molecule has 8 nitrogen and oxygen atoms in total. The second kappa shape index (κ2) is 7.45. The highest BCUT2D eigenvalue weighted by atomic mass is 19.4. The third-order valence-corrected chi connectivity index (χ3v) is 2.29. The number of hydrogen-bond donors (Lipinski definition) is 4. The van der Waals surface area contributed by atoms with Crippen LogP contribution in [-0.2, 0) is 19.2 Å². The van der Waals surface area contributed by atoms with Gasteiger partial charge in [0.1, 0.15) is 12.1 Å². The predicted molar refractivity (Wildman–Crippen MR) is 60.1 cm³/mol. The second-order valence-electron chi connectivity index (χ2n) is 4.03. The van der Waals surface area contributed by atoms with Gasteiger partial charge in [-0.05, 0) is 13.3 Å². The Kier molecular flexibility index (Phi) is 6.62. The first-order valence-corrected chi connectivity index (χ1v) is 5.57. The maximum atomic E-state index is 11.2. The summed E-state index contributed by atoms with van der Waals surface area (Å²) in [5, 5.41) is 20.6. The van der Waals surface area contributed by atoms with Gasteiger partial charge >= 0.3 is 18.1 Å². The topological polar surface area (TPSA) is 133 Å². The molecule has 0 spiro atoms. The number of amides is 2. The van der Waals surface area contributed by atoms with Gasteiger partial charge in [-0.25, -0.2) is 9.59 Å². The van der Waals surface area contributed by atoms with Crippen molar-refractivity contribution in [2.45, 2.75) is 38.0 Å². The smallest absolute Gasteiger partial charge is 0.480 e. The van der Waals surface area contributed by atoms with Crippen molar-refractivity contribution in [2.24, 2.45) is 0 Å². The molecule has 1 heterocycles. The molecule has 21 heavy (non-hydrogen) atoms. The highest BCUT2D eigenvalue weighted by Crippen LogP contribution is 2.13. The molecule has 0 radical (unpaired) electrons. The summed E-state index contributed by atoms with van der Waals surface area (Å²) in [4.78, 5) is 41.8. The lowest BCUT2D eigenvalue weighted by molar-refractivity contribution is -0.192. The zero-order chi connectivity index (χ0) is 16.8. The van der Waals surface area contributed by atoms with Crippen LogP contribution >= 0.6 is 0 Å². The van der Waals surface area contributed by atoms with Crippen LogP contribution < -0.4 is 10.6 Å². The van der Waals surface area contributed by atoms with Crippen LogP contribution in [0.3, 0.4) is 0 Å². The SMILES string of the molecule is C[C@@H]1NC(=O)CC[C@@H](C(=O)O)NC1=O.O=C(O)C(F)(F)F. The zero-order valence-corrected chi connectivity index (χ0v) is 10.7. The monoisotopic (exact) mass is 314 g/mol. The van der Waals surface area contributed by atoms with E-state index in [2.05, 4.69) is 10.6 Å². The van der Waals surface area contributed by atoms with E-state index in [1.165, 1.54) is 6.92 Å². The molecule has 4 N–H and O–H groups in total. The molecule has 0 aliphatic carbocycles. The number of alkyl halides is 3. The lowest BCUT2D eigenvalue weighted by Gasteiger charge is -2.21. The zero-order valence-electron chi connectivity index (χ0n) is 10.7. The van der Waals surface area contributed by atoms with E-state index in [4.69, 9.17) is 15.0 Å². The Balaban J connectivity index is 0.000000486. The lowest BCUT2D eigenvalue weighted by Crippen LogP contribution is -2.52. The average molecular weight is 314 g/mol. The van der Waals surface area contributed by atoms with Gasteiger partial charge < -0.3 is 20.8 Å². The van der Waals surface area contributed by atoms with Crippen molar-refractivity contribution in [3.05, 3.63) is 0 Å². The van der Waals surface area contributed by atoms with Crippen LogP contribution in [-0.4, -0.2) is 52.2 Å². The van der Waals surface area contributed by atoms with Crippen LogP contribution in [0, 0.1) is 0 Å². The summed E-state index contributed by atoms with van der Waals surface area (Å²) < 4.78 is 31.7. The maximum absolute atomic E-state index is 11.2. The molecular formula is C10H13F3N2O6. The molecule has 2 atom stereocenters. The summed E-state index contributed by atoms with van der Waals surface area (Å²) in [7, 11) is 0. The Morgan fingerprint density at radius 3 is 2.05 bits per heavy atom. The Morgan fingerprint density at radius 2 is 1.67 bits per heavy atom. The molecule has 1 rings (SSSR count). The van der Waals surface area contributed by atoms with E-state index in [9.17, 15) is 27.6 Å². The van der Waals surface area contributed by atoms with E-state index < -0.39 is 36.1 Å². The van der Waals surface area contributed by atoms with E-state index in [0.717, 1.165) is 0 Å². The number of aliphatic carboxylic acids is 2. The Labute approximate surface area is 116 Å². The molecule has 0 bridgehead atoms. The normalized spacial score (nSPS) is 22.7. The minimum Gasteiger partial charge on any atom is -0.480 e. The first kappa shape index (κ1) is 18.7. The molecule has 120 valence electrons. The van der Waals surface area contributed by atoms with Crippen molar-refractivity contribution in [1.29, 1.82) is 0 Å². The van der Waals surface area contributed by atoms with Gasteiger partial charge in [0.15, 0.2) is 0 Å². The van der Waals surface area contributed by atoms with Gasteiger partial charge in [0.05, 0.1) is 0 Å². The van der Waals surface area contributed by atoms with Crippen LogP contribution in [0.15, 0.2) is 0 Å². The highest BCUT2D eigenvalue weighted by Gasteiger charge is 2.38. The molecule has 0 aromatic heterocycles. The Bertz CT molecular complexity index is 437. The summed E-state index contributed by atoms with van der Waals surface area (Å²) in [5.74, 6) is -4.63. The van der Waals surface area contributed by atoms with Crippen molar-refractivity contribution in [3.8, 4) is 0 Å². The van der Waals surface area contributed by atoms with Gasteiger partial charge in [-0.3, -0.25) is 9.59 Å². The van der Waals surface area contributed by atoms with Gasteiger partial charge in [0.25, 0.3) is 0 Å². The number of rotatable bonds is 1. The van der Waals surface area contributed by atoms with Crippen molar-refractivity contribution in [3.63, 3.8) is 0 Å². The van der Waals surface area contributed by atoms with Gasteiger partial charge in [-0.1, -0.05) is 0 Å². The summed E-state index contributed by atoms with van der Waals surface area (Å²) in [6.45, 7) is 1.51. The third kappa shape index (κ3) is 7.13. The molecule has 0 aromatic rings. The van der Waals surface area contributed by atoms with E-state index >= 15 is 0 Å². The minimum absolute atomic E-state index is 0.113. The van der Waals surface area contributed by atoms with Crippen molar-refractivity contribution < 1.29 is 42.6 Å². The molecule has 1 saturated heterocycles. The minimum atomic E-state index is -5.08. The van der Waals surface area contributed by atoms with Crippen molar-refractivity contribution in [1.82, 2.24) is 10.6 Å². The van der Waals surface area contributed by atoms with E-state index in [1.807, 2.05) is 0 Å². The van der Waals surface area contributed by atoms with Crippen LogP contribution in [0.5, 0.6) is 0 Å². The fourth-order valence-corrected chi connectivity index (χ4v) is 1.21. The number of carbonyl (C=O) groups is 4. The molecular weight excluding hydrogens is 301 g/mol. The maximum Gasteiger partial charge on any atom is 0.490 e. The molecule has 1 aliphatic rings. The van der Waals surface area contributed by atoms with E-state index in [0.29, 0.717) is 0 Å². The summed E-state index contributed by atoms with van der Waals surface area (Å²) in [5.41, 5.74) is 0. The van der Waals surface area contributed by atoms with Crippen molar-refractivity contribution in [2.75, 3.05) is 0 Å². The van der Waals surface area contributed by atoms with Gasteiger partial charge in [0, 0.05) is 6.42 Å². The van der Waals surface area contributed by atoms with Crippen LogP contribution in [0.4, 0.5) is 13.2 Å². The number of carboxylic acids is 2. The van der Waals surface area contributed by atoms with E-state index in [-0.39, 0.29) is 18.7 Å². The number of carbonyl (C=O) groups excluding carboxylic acids is 2. The fraction of sp³-hybridized carbons (Fsp3) is 0.600. The standard InChI is InChI=1S/C8H12N2O4.C2HF3O2/c1-4-7(12)10-5(8(13)14)2-3-6(11)9-4;3-2(4,5)1(6)7/h4-5H,2-3H2,1H3,(H,9,11)(H,10,12)(H,13,14);(H,6,7)/t4-,5-;/m0./s1.